The largest absolute Gasteiger partial charge is 0.481 e. The van der Waals surface area contributed by atoms with Gasteiger partial charge in [-0.2, -0.15) is 0 Å². The molecule has 1 fully saturated rings. The number of halogens is 1. The molecule has 1 N–H and O–H groups in total. The molecule has 0 aromatic carbocycles. The Morgan fingerprint density at radius 2 is 2.35 bits per heavy atom. The normalized spacial score (nSPS) is 25.1. The predicted molar refractivity (Wildman–Crippen MR) is 67.5 cm³/mol. The third-order valence-corrected chi connectivity index (χ3v) is 3.61. The summed E-state index contributed by atoms with van der Waals surface area (Å²) in [6.07, 6.45) is 3.57. The Bertz CT molecular complexity index is 425. The number of hydrogen-bond acceptors (Lipinski definition) is 3. The summed E-state index contributed by atoms with van der Waals surface area (Å²) in [4.78, 5) is 17.3. The van der Waals surface area contributed by atoms with Crippen molar-refractivity contribution in [3.63, 3.8) is 0 Å². The van der Waals surface area contributed by atoms with E-state index in [1.54, 1.807) is 6.20 Å². The lowest BCUT2D eigenvalue weighted by Crippen LogP contribution is -2.23. The van der Waals surface area contributed by atoms with Gasteiger partial charge < -0.3 is 5.11 Å². The van der Waals surface area contributed by atoms with Crippen LogP contribution in [-0.2, 0) is 11.3 Å². The van der Waals surface area contributed by atoms with Gasteiger partial charge in [0.1, 0.15) is 0 Å². The van der Waals surface area contributed by atoms with Gasteiger partial charge in [0, 0.05) is 36.5 Å². The standard InChI is InChI=1S/C12H15BrN2O2/c1-8-5-15(7-11(8)12(16)17)6-9-2-10(13)4-14-3-9/h2-4,8,11H,5-7H2,1H3,(H,16,17)/t8-,11-/m1/s1. The van der Waals surface area contributed by atoms with E-state index in [1.165, 1.54) is 0 Å². The highest BCUT2D eigenvalue weighted by Crippen LogP contribution is 2.24. The number of nitrogens with zero attached hydrogens (tertiary/aromatic N) is 2. The molecule has 0 bridgehead atoms. The van der Waals surface area contributed by atoms with Crippen molar-refractivity contribution in [3.8, 4) is 0 Å². The van der Waals surface area contributed by atoms with E-state index in [4.69, 9.17) is 5.11 Å². The van der Waals surface area contributed by atoms with E-state index in [0.29, 0.717) is 6.54 Å². The van der Waals surface area contributed by atoms with Crippen LogP contribution in [0.2, 0.25) is 0 Å². The molecule has 2 atom stereocenters. The summed E-state index contributed by atoms with van der Waals surface area (Å²) < 4.78 is 0.956. The number of aliphatic carboxylic acids is 1. The maximum absolute atomic E-state index is 11.0. The van der Waals surface area contributed by atoms with Crippen LogP contribution in [0, 0.1) is 11.8 Å². The molecule has 0 spiro atoms. The molecular formula is C12H15BrN2O2. The minimum Gasteiger partial charge on any atom is -0.481 e. The van der Waals surface area contributed by atoms with E-state index in [9.17, 15) is 4.79 Å². The van der Waals surface area contributed by atoms with Gasteiger partial charge in [0.05, 0.1) is 5.92 Å². The number of likely N-dealkylation sites (tertiary alicyclic amines) is 1. The number of carbonyl (C=O) groups is 1. The van der Waals surface area contributed by atoms with Crippen molar-refractivity contribution in [2.45, 2.75) is 13.5 Å². The lowest BCUT2D eigenvalue weighted by molar-refractivity contribution is -0.142. The van der Waals surface area contributed by atoms with Crippen LogP contribution >= 0.6 is 15.9 Å². The molecule has 0 saturated carbocycles. The van der Waals surface area contributed by atoms with Gasteiger partial charge in [-0.25, -0.2) is 0 Å². The summed E-state index contributed by atoms with van der Waals surface area (Å²) in [5, 5.41) is 9.07. The van der Waals surface area contributed by atoms with Crippen LogP contribution in [0.1, 0.15) is 12.5 Å². The number of carboxylic acid groups (broad SMARTS) is 1. The van der Waals surface area contributed by atoms with E-state index in [1.807, 2.05) is 19.2 Å². The summed E-state index contributed by atoms with van der Waals surface area (Å²) in [5.41, 5.74) is 1.11. The predicted octanol–water partition coefficient (Wildman–Crippen LogP) is 2.00. The molecule has 1 saturated heterocycles. The van der Waals surface area contributed by atoms with Gasteiger partial charge in [0.2, 0.25) is 0 Å². The van der Waals surface area contributed by atoms with Crippen molar-refractivity contribution in [1.82, 2.24) is 9.88 Å². The first-order valence-corrected chi connectivity index (χ1v) is 6.40. The molecule has 92 valence electrons. The van der Waals surface area contributed by atoms with E-state index >= 15 is 0 Å². The highest BCUT2D eigenvalue weighted by molar-refractivity contribution is 9.10. The van der Waals surface area contributed by atoms with Crippen LogP contribution in [0.4, 0.5) is 0 Å². The van der Waals surface area contributed by atoms with Crippen LogP contribution in [0.3, 0.4) is 0 Å². The molecule has 0 radical (unpaired) electrons. The Morgan fingerprint density at radius 1 is 1.59 bits per heavy atom. The molecule has 1 aliphatic heterocycles. The van der Waals surface area contributed by atoms with Crippen molar-refractivity contribution in [2.75, 3.05) is 13.1 Å². The summed E-state index contributed by atoms with van der Waals surface area (Å²) in [6.45, 7) is 4.23. The smallest absolute Gasteiger partial charge is 0.308 e. The Kier molecular flexibility index (Phi) is 3.79. The van der Waals surface area contributed by atoms with Crippen molar-refractivity contribution in [3.05, 3.63) is 28.5 Å². The summed E-state index contributed by atoms with van der Waals surface area (Å²) in [5.74, 6) is -0.713. The SMILES string of the molecule is C[C@@H]1CN(Cc2cncc(Br)c2)C[C@H]1C(=O)O. The molecule has 2 rings (SSSR count). The first kappa shape index (κ1) is 12.5. The third kappa shape index (κ3) is 3.04. The second-order valence-corrected chi connectivity index (χ2v) is 5.54. The van der Waals surface area contributed by atoms with Crippen molar-refractivity contribution < 1.29 is 9.90 Å². The van der Waals surface area contributed by atoms with Crippen LogP contribution < -0.4 is 0 Å². The lowest BCUT2D eigenvalue weighted by atomic mass is 9.99. The molecular weight excluding hydrogens is 284 g/mol. The first-order valence-electron chi connectivity index (χ1n) is 5.61. The fourth-order valence-corrected chi connectivity index (χ4v) is 2.73. The molecule has 4 nitrogen and oxygen atoms in total. The van der Waals surface area contributed by atoms with Crippen molar-refractivity contribution in [2.24, 2.45) is 11.8 Å². The van der Waals surface area contributed by atoms with E-state index in [0.717, 1.165) is 23.1 Å². The second-order valence-electron chi connectivity index (χ2n) is 4.63. The summed E-state index contributed by atoms with van der Waals surface area (Å²) in [6, 6.07) is 2.02. The first-order chi connectivity index (χ1) is 8.06. The summed E-state index contributed by atoms with van der Waals surface area (Å²) >= 11 is 3.38. The van der Waals surface area contributed by atoms with Gasteiger partial charge in [0.15, 0.2) is 0 Å². The van der Waals surface area contributed by atoms with E-state index < -0.39 is 5.97 Å². The van der Waals surface area contributed by atoms with Gasteiger partial charge >= 0.3 is 5.97 Å². The van der Waals surface area contributed by atoms with Gasteiger partial charge in [-0.15, -0.1) is 0 Å². The Hall–Kier alpha value is -0.940. The highest BCUT2D eigenvalue weighted by atomic mass is 79.9. The summed E-state index contributed by atoms with van der Waals surface area (Å²) in [7, 11) is 0. The van der Waals surface area contributed by atoms with Crippen LogP contribution in [0.15, 0.2) is 22.9 Å². The van der Waals surface area contributed by atoms with Gasteiger partial charge in [-0.05, 0) is 33.5 Å². The molecule has 1 aliphatic rings. The van der Waals surface area contributed by atoms with Crippen LogP contribution in [0.25, 0.3) is 0 Å². The molecule has 2 heterocycles. The lowest BCUT2D eigenvalue weighted by Gasteiger charge is -2.14. The topological polar surface area (TPSA) is 53.4 Å². The van der Waals surface area contributed by atoms with Crippen molar-refractivity contribution >= 4 is 21.9 Å². The van der Waals surface area contributed by atoms with Gasteiger partial charge in [-0.1, -0.05) is 6.92 Å². The quantitative estimate of drug-likeness (QED) is 0.927. The second kappa shape index (κ2) is 5.14. The Labute approximate surface area is 109 Å². The van der Waals surface area contributed by atoms with Crippen molar-refractivity contribution in [1.29, 1.82) is 0 Å². The van der Waals surface area contributed by atoms with Crippen LogP contribution in [0.5, 0.6) is 0 Å². The van der Waals surface area contributed by atoms with Gasteiger partial charge in [-0.3, -0.25) is 14.7 Å². The van der Waals surface area contributed by atoms with Gasteiger partial charge in [0.25, 0.3) is 0 Å². The molecule has 0 aliphatic carbocycles. The fraction of sp³-hybridized carbons (Fsp3) is 0.500. The average molecular weight is 299 g/mol. The molecule has 0 amide bonds. The van der Waals surface area contributed by atoms with Crippen LogP contribution in [-0.4, -0.2) is 34.0 Å². The monoisotopic (exact) mass is 298 g/mol. The maximum atomic E-state index is 11.0. The number of hydrogen-bond donors (Lipinski definition) is 1. The molecule has 1 aromatic heterocycles. The minimum atomic E-state index is -0.688. The van der Waals surface area contributed by atoms with E-state index in [-0.39, 0.29) is 11.8 Å². The number of pyridine rings is 1. The van der Waals surface area contributed by atoms with E-state index in [2.05, 4.69) is 25.8 Å². The molecule has 1 aromatic rings. The zero-order chi connectivity index (χ0) is 12.4. The molecule has 5 heteroatoms. The Morgan fingerprint density at radius 3 is 2.94 bits per heavy atom. The number of carboxylic acids is 1. The number of rotatable bonds is 3. The maximum Gasteiger partial charge on any atom is 0.308 e. The third-order valence-electron chi connectivity index (χ3n) is 3.17. The highest BCUT2D eigenvalue weighted by Gasteiger charge is 2.34. The molecule has 17 heavy (non-hydrogen) atoms. The fourth-order valence-electron chi connectivity index (χ4n) is 2.32. The molecule has 0 unspecified atom stereocenters. The number of aromatic nitrogens is 1. The zero-order valence-electron chi connectivity index (χ0n) is 9.64. The minimum absolute atomic E-state index is 0.215. The Balaban J connectivity index is 2.00. The zero-order valence-corrected chi connectivity index (χ0v) is 11.2. The average Bonchev–Trinajstić information content (AvgIpc) is 2.59.